The van der Waals surface area contributed by atoms with E-state index < -0.39 is 16.4 Å². The van der Waals surface area contributed by atoms with Gasteiger partial charge < -0.3 is 10.2 Å². The van der Waals surface area contributed by atoms with Crippen molar-refractivity contribution < 1.29 is 32.5 Å². The van der Waals surface area contributed by atoms with Crippen molar-refractivity contribution in [3.63, 3.8) is 0 Å². The van der Waals surface area contributed by atoms with Gasteiger partial charge in [-0.1, -0.05) is 95.2 Å². The fourth-order valence-corrected chi connectivity index (χ4v) is 2.66. The smallest absolute Gasteiger partial charge is 0.394 e. The van der Waals surface area contributed by atoms with Crippen LogP contribution in [0.5, 0.6) is 5.75 Å². The SMILES string of the molecule is CCCCCCCCCCCCCCC(=O)O.Cc1ccc(O)cc1.O=S(=O)(O)O. The molecule has 0 aliphatic rings. The van der Waals surface area contributed by atoms with E-state index in [2.05, 4.69) is 6.92 Å². The molecular weight excluding hydrogens is 408 g/mol. The van der Waals surface area contributed by atoms with Crippen LogP contribution in [0.4, 0.5) is 0 Å². The number of carbonyl (C=O) groups is 1. The molecule has 0 unspecified atom stereocenters. The zero-order valence-electron chi connectivity index (χ0n) is 18.4. The molecule has 0 bridgehead atoms. The van der Waals surface area contributed by atoms with Crippen molar-refractivity contribution in [2.45, 2.75) is 97.3 Å². The van der Waals surface area contributed by atoms with Crippen LogP contribution < -0.4 is 0 Å². The maximum Gasteiger partial charge on any atom is 0.394 e. The van der Waals surface area contributed by atoms with E-state index in [1.165, 1.54) is 69.8 Å². The summed E-state index contributed by atoms with van der Waals surface area (Å²) in [7, 11) is -4.67. The van der Waals surface area contributed by atoms with Crippen LogP contribution in [0.15, 0.2) is 24.3 Å². The number of aryl methyl sites for hydroxylation is 1. The lowest BCUT2D eigenvalue weighted by molar-refractivity contribution is -0.137. The van der Waals surface area contributed by atoms with Gasteiger partial charge in [0.05, 0.1) is 0 Å². The number of hydrogen-bond acceptors (Lipinski definition) is 4. The number of hydrogen-bond donors (Lipinski definition) is 4. The number of aliphatic carboxylic acids is 1. The standard InChI is InChI=1S/C15H30O2.C7H8O.H2O4S/c1-2-3-4-5-6-7-8-9-10-11-12-13-14-15(16)17;1-6-2-4-7(8)5-3-6;1-5(2,3)4/h2-14H2,1H3,(H,16,17);2-5,8H,1H3;(H2,1,2,3,4). The lowest BCUT2D eigenvalue weighted by atomic mass is 10.0. The first-order valence-electron chi connectivity index (χ1n) is 10.7. The van der Waals surface area contributed by atoms with Crippen molar-refractivity contribution in [2.75, 3.05) is 0 Å². The van der Waals surface area contributed by atoms with Gasteiger partial charge in [-0.3, -0.25) is 13.9 Å². The molecule has 0 fully saturated rings. The van der Waals surface area contributed by atoms with E-state index in [1.54, 1.807) is 12.1 Å². The molecule has 0 aromatic heterocycles. The first-order valence-corrected chi connectivity index (χ1v) is 12.1. The second-order valence-corrected chi connectivity index (χ2v) is 8.21. The Morgan fingerprint density at radius 2 is 1.10 bits per heavy atom. The Morgan fingerprint density at radius 3 is 1.40 bits per heavy atom. The molecule has 0 amide bonds. The minimum atomic E-state index is -4.67. The molecular formula is C22H40O7S. The lowest BCUT2D eigenvalue weighted by Crippen LogP contribution is -1.93. The average molecular weight is 449 g/mol. The van der Waals surface area contributed by atoms with Crippen molar-refractivity contribution in [1.82, 2.24) is 0 Å². The molecule has 1 aromatic carbocycles. The second kappa shape index (κ2) is 20.6. The van der Waals surface area contributed by atoms with Crippen LogP contribution in [0, 0.1) is 6.92 Å². The normalized spacial score (nSPS) is 10.4. The number of benzene rings is 1. The van der Waals surface area contributed by atoms with Gasteiger partial charge >= 0.3 is 16.4 Å². The Balaban J connectivity index is 0. The first kappa shape index (κ1) is 30.6. The number of carboxylic acid groups (broad SMARTS) is 1. The summed E-state index contributed by atoms with van der Waals surface area (Å²) in [5, 5.41) is 17.2. The van der Waals surface area contributed by atoms with Crippen LogP contribution in [-0.2, 0) is 15.2 Å². The van der Waals surface area contributed by atoms with Gasteiger partial charge in [0.2, 0.25) is 0 Å². The zero-order valence-corrected chi connectivity index (χ0v) is 19.2. The number of unbranched alkanes of at least 4 members (excludes halogenated alkanes) is 11. The molecule has 4 N–H and O–H groups in total. The average Bonchev–Trinajstić information content (AvgIpc) is 2.64. The maximum atomic E-state index is 10.3. The van der Waals surface area contributed by atoms with Crippen LogP contribution in [0.3, 0.4) is 0 Å². The van der Waals surface area contributed by atoms with Gasteiger partial charge in [-0.05, 0) is 25.5 Å². The molecule has 7 nitrogen and oxygen atoms in total. The molecule has 8 heteroatoms. The maximum absolute atomic E-state index is 10.3. The molecule has 0 saturated carbocycles. The summed E-state index contributed by atoms with van der Waals surface area (Å²) in [4.78, 5) is 10.3. The van der Waals surface area contributed by atoms with Crippen molar-refractivity contribution in [1.29, 1.82) is 0 Å². The summed E-state index contributed by atoms with van der Waals surface area (Å²) < 4.78 is 31.6. The predicted molar refractivity (Wildman–Crippen MR) is 120 cm³/mol. The largest absolute Gasteiger partial charge is 0.508 e. The van der Waals surface area contributed by atoms with Crippen molar-refractivity contribution in [2.24, 2.45) is 0 Å². The number of carboxylic acids is 1. The highest BCUT2D eigenvalue weighted by Crippen LogP contribution is 2.12. The molecule has 176 valence electrons. The van der Waals surface area contributed by atoms with Gasteiger partial charge in [-0.2, -0.15) is 8.42 Å². The van der Waals surface area contributed by atoms with E-state index in [1.807, 2.05) is 19.1 Å². The van der Waals surface area contributed by atoms with E-state index in [4.69, 9.17) is 27.7 Å². The summed E-state index contributed by atoms with van der Waals surface area (Å²) in [5.41, 5.74) is 1.17. The predicted octanol–water partition coefficient (Wildman–Crippen LogP) is 6.21. The molecule has 0 atom stereocenters. The van der Waals surface area contributed by atoms with Crippen molar-refractivity contribution in [3.8, 4) is 5.75 Å². The summed E-state index contributed by atoms with van der Waals surface area (Å²) in [6.07, 6.45) is 15.8. The van der Waals surface area contributed by atoms with E-state index in [-0.39, 0.29) is 0 Å². The monoisotopic (exact) mass is 448 g/mol. The van der Waals surface area contributed by atoms with E-state index >= 15 is 0 Å². The fourth-order valence-electron chi connectivity index (χ4n) is 2.66. The molecule has 0 spiro atoms. The molecule has 30 heavy (non-hydrogen) atoms. The third-order valence-electron chi connectivity index (χ3n) is 4.28. The highest BCUT2D eigenvalue weighted by Gasteiger charge is 1.96. The molecule has 0 aliphatic heterocycles. The van der Waals surface area contributed by atoms with E-state index in [0.29, 0.717) is 12.2 Å². The zero-order chi connectivity index (χ0) is 23.3. The first-order chi connectivity index (χ1) is 14.1. The number of phenolic OH excluding ortho intramolecular Hbond substituents is 1. The third kappa shape index (κ3) is 33.9. The lowest BCUT2D eigenvalue weighted by Gasteiger charge is -2.02. The molecule has 0 aliphatic carbocycles. The summed E-state index contributed by atoms with van der Waals surface area (Å²) in [6.45, 7) is 4.24. The number of rotatable bonds is 13. The van der Waals surface area contributed by atoms with Gasteiger partial charge in [0.25, 0.3) is 0 Å². The second-order valence-electron chi connectivity index (χ2n) is 7.32. The summed E-state index contributed by atoms with van der Waals surface area (Å²) in [5.74, 6) is -0.326. The van der Waals surface area contributed by atoms with Crippen LogP contribution in [0.1, 0.15) is 96.0 Å². The Kier molecular flexibility index (Phi) is 21.0. The molecule has 1 rings (SSSR count). The number of aromatic hydroxyl groups is 1. The Bertz CT molecular complexity index is 584. The Labute approximate surface area is 182 Å². The Morgan fingerprint density at radius 1 is 0.767 bits per heavy atom. The minimum absolute atomic E-state index is 0.329. The summed E-state index contributed by atoms with van der Waals surface area (Å²) >= 11 is 0. The van der Waals surface area contributed by atoms with Crippen molar-refractivity contribution >= 4 is 16.4 Å². The molecule has 0 saturated heterocycles. The topological polar surface area (TPSA) is 132 Å². The van der Waals surface area contributed by atoms with Gasteiger partial charge in [-0.25, -0.2) is 0 Å². The van der Waals surface area contributed by atoms with Gasteiger partial charge in [0.15, 0.2) is 0 Å². The Hall–Kier alpha value is -1.64. The molecule has 1 aromatic rings. The van der Waals surface area contributed by atoms with Gasteiger partial charge in [-0.15, -0.1) is 0 Å². The quantitative estimate of drug-likeness (QED) is 0.208. The summed E-state index contributed by atoms with van der Waals surface area (Å²) in [6, 6.07) is 7.09. The van der Waals surface area contributed by atoms with E-state index in [9.17, 15) is 4.79 Å². The fraction of sp³-hybridized carbons (Fsp3) is 0.682. The van der Waals surface area contributed by atoms with Gasteiger partial charge in [0.1, 0.15) is 5.75 Å². The van der Waals surface area contributed by atoms with Crippen LogP contribution >= 0.6 is 0 Å². The van der Waals surface area contributed by atoms with Crippen LogP contribution in [-0.4, -0.2) is 33.7 Å². The van der Waals surface area contributed by atoms with Gasteiger partial charge in [0, 0.05) is 6.42 Å². The van der Waals surface area contributed by atoms with Crippen LogP contribution in [0.25, 0.3) is 0 Å². The molecule has 0 radical (unpaired) electrons. The van der Waals surface area contributed by atoms with Crippen molar-refractivity contribution in [3.05, 3.63) is 29.8 Å². The minimum Gasteiger partial charge on any atom is -0.508 e. The van der Waals surface area contributed by atoms with Crippen LogP contribution in [0.2, 0.25) is 0 Å². The highest BCUT2D eigenvalue weighted by molar-refractivity contribution is 7.79. The number of phenols is 1. The van der Waals surface area contributed by atoms with E-state index in [0.717, 1.165) is 12.8 Å². The molecule has 0 heterocycles. The highest BCUT2D eigenvalue weighted by atomic mass is 32.3. The third-order valence-corrected chi connectivity index (χ3v) is 4.28.